The molecule has 0 aromatic heterocycles. The van der Waals surface area contributed by atoms with Crippen molar-refractivity contribution in [3.63, 3.8) is 0 Å². The largest absolute Gasteiger partial charge is 0.464 e. The second kappa shape index (κ2) is 8.49. The van der Waals surface area contributed by atoms with Crippen molar-refractivity contribution in [1.82, 2.24) is 4.90 Å². The standard InChI is InChI=1S/C21H22N2O4/c1-3-27-21(25)19-13-18(22-26-2)14-23(19)20(24)17-11-9-16(10-12-17)15-7-5-4-6-8-15/h4-12,19H,3,13-14H2,1-2H3/b22-18-/t19-/m0/s1. The topological polar surface area (TPSA) is 68.2 Å². The zero-order chi connectivity index (χ0) is 19.2. The van der Waals surface area contributed by atoms with Gasteiger partial charge in [-0.3, -0.25) is 4.79 Å². The van der Waals surface area contributed by atoms with E-state index in [4.69, 9.17) is 9.57 Å². The van der Waals surface area contributed by atoms with Crippen molar-refractivity contribution < 1.29 is 19.2 Å². The molecule has 1 aliphatic rings. The van der Waals surface area contributed by atoms with Crippen LogP contribution in [0.3, 0.4) is 0 Å². The van der Waals surface area contributed by atoms with Crippen LogP contribution in [0.5, 0.6) is 0 Å². The minimum atomic E-state index is -0.680. The number of esters is 1. The molecule has 0 unspecified atom stereocenters. The Labute approximate surface area is 158 Å². The number of hydrogen-bond donors (Lipinski definition) is 0. The van der Waals surface area contributed by atoms with E-state index in [0.717, 1.165) is 11.1 Å². The third-order valence-electron chi connectivity index (χ3n) is 4.44. The van der Waals surface area contributed by atoms with Crippen molar-refractivity contribution in [2.45, 2.75) is 19.4 Å². The molecule has 2 aromatic carbocycles. The van der Waals surface area contributed by atoms with Crippen LogP contribution in [0.2, 0.25) is 0 Å². The highest BCUT2D eigenvalue weighted by atomic mass is 16.6. The number of likely N-dealkylation sites (tertiary alicyclic amines) is 1. The number of amides is 1. The summed E-state index contributed by atoms with van der Waals surface area (Å²) in [4.78, 5) is 31.6. The van der Waals surface area contributed by atoms with Crippen LogP contribution in [0, 0.1) is 0 Å². The summed E-state index contributed by atoms with van der Waals surface area (Å²) in [6, 6.07) is 16.6. The van der Waals surface area contributed by atoms with Gasteiger partial charge in [-0.25, -0.2) is 4.79 Å². The average Bonchev–Trinajstić information content (AvgIpc) is 3.13. The van der Waals surface area contributed by atoms with Crippen LogP contribution in [0.4, 0.5) is 0 Å². The van der Waals surface area contributed by atoms with E-state index < -0.39 is 12.0 Å². The lowest BCUT2D eigenvalue weighted by Crippen LogP contribution is -2.41. The first-order valence-electron chi connectivity index (χ1n) is 8.86. The summed E-state index contributed by atoms with van der Waals surface area (Å²) in [5, 5.41) is 3.91. The van der Waals surface area contributed by atoms with Crippen molar-refractivity contribution >= 4 is 17.6 Å². The number of oxime groups is 1. The third-order valence-corrected chi connectivity index (χ3v) is 4.44. The number of rotatable bonds is 5. The van der Waals surface area contributed by atoms with Crippen molar-refractivity contribution in [3.05, 3.63) is 60.2 Å². The number of nitrogens with zero attached hydrogens (tertiary/aromatic N) is 2. The molecular weight excluding hydrogens is 344 g/mol. The molecule has 1 aliphatic heterocycles. The first-order valence-corrected chi connectivity index (χ1v) is 8.86. The quantitative estimate of drug-likeness (QED) is 0.602. The first kappa shape index (κ1) is 18.6. The van der Waals surface area contributed by atoms with E-state index in [-0.39, 0.29) is 19.1 Å². The summed E-state index contributed by atoms with van der Waals surface area (Å²) in [6.45, 7) is 2.25. The summed E-state index contributed by atoms with van der Waals surface area (Å²) in [5.41, 5.74) is 3.26. The van der Waals surface area contributed by atoms with Gasteiger partial charge < -0.3 is 14.5 Å². The maximum Gasteiger partial charge on any atom is 0.329 e. The van der Waals surface area contributed by atoms with Gasteiger partial charge in [0.2, 0.25) is 0 Å². The van der Waals surface area contributed by atoms with Crippen LogP contribution in [-0.4, -0.2) is 48.8 Å². The Morgan fingerprint density at radius 2 is 1.74 bits per heavy atom. The Balaban J connectivity index is 1.82. The van der Waals surface area contributed by atoms with Gasteiger partial charge in [0.05, 0.1) is 18.9 Å². The Bertz CT molecular complexity index is 831. The fourth-order valence-corrected chi connectivity index (χ4v) is 3.16. The zero-order valence-electron chi connectivity index (χ0n) is 15.4. The van der Waals surface area contributed by atoms with Crippen LogP contribution in [-0.2, 0) is 14.4 Å². The number of carbonyl (C=O) groups is 2. The molecule has 0 saturated carbocycles. The van der Waals surface area contributed by atoms with Gasteiger partial charge in [0.25, 0.3) is 5.91 Å². The molecule has 140 valence electrons. The fourth-order valence-electron chi connectivity index (χ4n) is 3.16. The number of carbonyl (C=O) groups excluding carboxylic acids is 2. The molecule has 1 saturated heterocycles. The van der Waals surface area contributed by atoms with E-state index >= 15 is 0 Å². The minimum absolute atomic E-state index is 0.228. The van der Waals surface area contributed by atoms with Crippen molar-refractivity contribution in [3.8, 4) is 11.1 Å². The molecule has 0 bridgehead atoms. The lowest BCUT2D eigenvalue weighted by molar-refractivity contribution is -0.147. The second-order valence-electron chi connectivity index (χ2n) is 6.19. The Hall–Kier alpha value is -3.15. The molecular formula is C21H22N2O4. The highest BCUT2D eigenvalue weighted by Gasteiger charge is 2.39. The Morgan fingerprint density at radius 3 is 2.37 bits per heavy atom. The normalized spacial score (nSPS) is 17.8. The first-order chi connectivity index (χ1) is 13.1. The SMILES string of the molecule is CCOC(=O)[C@@H]1C/C(=N/OC)CN1C(=O)c1ccc(-c2ccccc2)cc1. The summed E-state index contributed by atoms with van der Waals surface area (Å²) in [6.07, 6.45) is 0.320. The Kier molecular flexibility index (Phi) is 5.86. The van der Waals surface area contributed by atoms with Crippen LogP contribution in [0.15, 0.2) is 59.8 Å². The smallest absolute Gasteiger partial charge is 0.329 e. The van der Waals surface area contributed by atoms with Gasteiger partial charge >= 0.3 is 5.97 Å². The third kappa shape index (κ3) is 4.16. The van der Waals surface area contributed by atoms with Crippen molar-refractivity contribution in [2.24, 2.45) is 5.16 Å². The highest BCUT2D eigenvalue weighted by Crippen LogP contribution is 2.23. The molecule has 27 heavy (non-hydrogen) atoms. The summed E-state index contributed by atoms with van der Waals surface area (Å²) >= 11 is 0. The average molecular weight is 366 g/mol. The van der Waals surface area contributed by atoms with Crippen molar-refractivity contribution in [1.29, 1.82) is 0 Å². The van der Waals surface area contributed by atoms with Crippen LogP contribution in [0.1, 0.15) is 23.7 Å². The van der Waals surface area contributed by atoms with Crippen LogP contribution in [0.25, 0.3) is 11.1 Å². The van der Waals surface area contributed by atoms with E-state index in [1.165, 1.54) is 12.0 Å². The minimum Gasteiger partial charge on any atom is -0.464 e. The molecule has 1 amide bonds. The molecule has 0 spiro atoms. The van der Waals surface area contributed by atoms with E-state index in [2.05, 4.69) is 5.16 Å². The predicted molar refractivity (Wildman–Crippen MR) is 102 cm³/mol. The zero-order valence-corrected chi connectivity index (χ0v) is 15.4. The van der Waals surface area contributed by atoms with Gasteiger partial charge in [0.15, 0.2) is 0 Å². The molecule has 6 heteroatoms. The number of ether oxygens (including phenoxy) is 1. The maximum atomic E-state index is 13.0. The summed E-state index contributed by atoms with van der Waals surface area (Å²) in [5.74, 6) is -0.651. The molecule has 2 aromatic rings. The van der Waals surface area contributed by atoms with Gasteiger partial charge in [-0.15, -0.1) is 0 Å². The Morgan fingerprint density at radius 1 is 1.07 bits per heavy atom. The fraction of sp³-hybridized carbons (Fsp3) is 0.286. The molecule has 0 N–H and O–H groups in total. The molecule has 0 aliphatic carbocycles. The van der Waals surface area contributed by atoms with Crippen LogP contribution < -0.4 is 0 Å². The summed E-state index contributed by atoms with van der Waals surface area (Å²) in [7, 11) is 1.44. The number of hydrogen-bond acceptors (Lipinski definition) is 5. The van der Waals surface area contributed by atoms with Crippen molar-refractivity contribution in [2.75, 3.05) is 20.3 Å². The van der Waals surface area contributed by atoms with Gasteiger partial charge in [0.1, 0.15) is 13.2 Å². The molecule has 3 rings (SSSR count). The lowest BCUT2D eigenvalue weighted by atomic mass is 10.0. The van der Waals surface area contributed by atoms with E-state index in [9.17, 15) is 9.59 Å². The monoisotopic (exact) mass is 366 g/mol. The highest BCUT2D eigenvalue weighted by molar-refractivity contribution is 6.04. The van der Waals surface area contributed by atoms with Crippen LogP contribution >= 0.6 is 0 Å². The molecule has 6 nitrogen and oxygen atoms in total. The maximum absolute atomic E-state index is 13.0. The van der Waals surface area contributed by atoms with Gasteiger partial charge in [0, 0.05) is 12.0 Å². The van der Waals surface area contributed by atoms with E-state index in [1.807, 2.05) is 42.5 Å². The van der Waals surface area contributed by atoms with E-state index in [0.29, 0.717) is 17.7 Å². The van der Waals surface area contributed by atoms with Gasteiger partial charge in [-0.05, 0) is 30.2 Å². The number of benzene rings is 2. The molecule has 1 atom stereocenters. The predicted octanol–water partition coefficient (Wildman–Crippen LogP) is 3.13. The molecule has 1 heterocycles. The van der Waals surface area contributed by atoms with Gasteiger partial charge in [-0.1, -0.05) is 47.6 Å². The van der Waals surface area contributed by atoms with Gasteiger partial charge in [-0.2, -0.15) is 0 Å². The molecule has 1 fully saturated rings. The molecule has 0 radical (unpaired) electrons. The summed E-state index contributed by atoms with van der Waals surface area (Å²) < 4.78 is 5.12. The van der Waals surface area contributed by atoms with E-state index in [1.54, 1.807) is 19.1 Å². The lowest BCUT2D eigenvalue weighted by Gasteiger charge is -2.22. The second-order valence-corrected chi connectivity index (χ2v) is 6.19.